The van der Waals surface area contributed by atoms with E-state index < -0.39 is 0 Å². The first kappa shape index (κ1) is 5.82. The van der Waals surface area contributed by atoms with Gasteiger partial charge in [-0.25, -0.2) is 4.98 Å². The van der Waals surface area contributed by atoms with Crippen LogP contribution in [0.4, 0.5) is 0 Å². The molecule has 2 heteroatoms. The van der Waals surface area contributed by atoms with Crippen molar-refractivity contribution in [3.05, 3.63) is 37.2 Å². The molecule has 0 N–H and O–H groups in total. The Kier molecular flexibility index (Phi) is 1.85. The standard InChI is InChI=1S/C7H6NO/c1-2-9-7-5-3-4-6-8-7/h1-6H. The van der Waals surface area contributed by atoms with Crippen molar-refractivity contribution in [3.8, 4) is 5.88 Å². The Morgan fingerprint density at radius 2 is 2.44 bits per heavy atom. The van der Waals surface area contributed by atoms with Gasteiger partial charge in [-0.05, 0) is 12.6 Å². The summed E-state index contributed by atoms with van der Waals surface area (Å²) < 4.78 is 4.75. The summed E-state index contributed by atoms with van der Waals surface area (Å²) in [6.45, 7) is 4.97. The number of nitrogens with zero attached hydrogens (tertiary/aromatic N) is 1. The molecule has 1 heterocycles. The molecule has 0 bridgehead atoms. The summed E-state index contributed by atoms with van der Waals surface area (Å²) >= 11 is 0. The zero-order valence-electron chi connectivity index (χ0n) is 4.82. The van der Waals surface area contributed by atoms with Gasteiger partial charge in [-0.3, -0.25) is 0 Å². The molecule has 0 spiro atoms. The van der Waals surface area contributed by atoms with Crippen LogP contribution in [0.2, 0.25) is 0 Å². The molecule has 0 saturated heterocycles. The largest absolute Gasteiger partial charge is 0.447 e. The summed E-state index contributed by atoms with van der Waals surface area (Å²) in [5.41, 5.74) is 0. The third-order valence-electron chi connectivity index (χ3n) is 0.827. The van der Waals surface area contributed by atoms with Crippen LogP contribution in [0.15, 0.2) is 30.7 Å². The van der Waals surface area contributed by atoms with E-state index in [1.807, 2.05) is 12.1 Å². The van der Waals surface area contributed by atoms with Crippen molar-refractivity contribution < 1.29 is 4.74 Å². The van der Waals surface area contributed by atoms with Crippen molar-refractivity contribution in [1.29, 1.82) is 0 Å². The van der Waals surface area contributed by atoms with Crippen LogP contribution in [-0.4, -0.2) is 4.98 Å². The highest BCUT2D eigenvalue weighted by Gasteiger charge is 1.84. The van der Waals surface area contributed by atoms with Crippen LogP contribution in [0.25, 0.3) is 0 Å². The van der Waals surface area contributed by atoms with Gasteiger partial charge in [0.2, 0.25) is 5.88 Å². The second-order valence-corrected chi connectivity index (χ2v) is 1.42. The van der Waals surface area contributed by atoms with Gasteiger partial charge in [-0.1, -0.05) is 6.07 Å². The van der Waals surface area contributed by atoms with Crippen molar-refractivity contribution >= 4 is 0 Å². The summed E-state index contributed by atoms with van der Waals surface area (Å²) in [6, 6.07) is 5.36. The van der Waals surface area contributed by atoms with Crippen molar-refractivity contribution in [1.82, 2.24) is 4.98 Å². The van der Waals surface area contributed by atoms with Crippen molar-refractivity contribution in [2.75, 3.05) is 0 Å². The quantitative estimate of drug-likeness (QED) is 0.550. The average molecular weight is 120 g/mol. The highest BCUT2D eigenvalue weighted by molar-refractivity contribution is 5.09. The van der Waals surface area contributed by atoms with Crippen LogP contribution in [0.3, 0.4) is 0 Å². The third kappa shape index (κ3) is 1.57. The van der Waals surface area contributed by atoms with Gasteiger partial charge in [0, 0.05) is 12.3 Å². The fourth-order valence-corrected chi connectivity index (χ4v) is 0.487. The molecule has 0 fully saturated rings. The van der Waals surface area contributed by atoms with E-state index in [9.17, 15) is 0 Å². The van der Waals surface area contributed by atoms with Gasteiger partial charge in [-0.2, -0.15) is 0 Å². The molecule has 1 radical (unpaired) electrons. The number of aromatic nitrogens is 1. The molecule has 0 aromatic carbocycles. The first-order valence-electron chi connectivity index (χ1n) is 2.54. The lowest BCUT2D eigenvalue weighted by molar-refractivity contribution is 0.462. The molecule has 1 aromatic heterocycles. The van der Waals surface area contributed by atoms with Crippen molar-refractivity contribution in [2.45, 2.75) is 0 Å². The molecule has 0 aliphatic rings. The highest BCUT2D eigenvalue weighted by Crippen LogP contribution is 2.01. The van der Waals surface area contributed by atoms with Gasteiger partial charge in [0.1, 0.15) is 0 Å². The lowest BCUT2D eigenvalue weighted by atomic mass is 10.5. The molecule has 2 nitrogen and oxygen atoms in total. The molecular formula is C7H6NO. The second kappa shape index (κ2) is 2.87. The van der Waals surface area contributed by atoms with Crippen LogP contribution in [0.5, 0.6) is 5.88 Å². The monoisotopic (exact) mass is 120 g/mol. The van der Waals surface area contributed by atoms with Crippen LogP contribution in [0.1, 0.15) is 0 Å². The number of ether oxygens (including phenoxy) is 1. The maximum atomic E-state index is 4.97. The maximum absolute atomic E-state index is 4.97. The molecule has 45 valence electrons. The normalized spacial score (nSPS) is 8.44. The summed E-state index contributed by atoms with van der Waals surface area (Å²) in [7, 11) is 0. The molecule has 0 aliphatic carbocycles. The summed E-state index contributed by atoms with van der Waals surface area (Å²) in [4.78, 5) is 3.84. The molecule has 0 atom stereocenters. The smallest absolute Gasteiger partial charge is 0.218 e. The van der Waals surface area contributed by atoms with Gasteiger partial charge < -0.3 is 4.74 Å². The first-order valence-corrected chi connectivity index (χ1v) is 2.54. The Morgan fingerprint density at radius 3 is 3.00 bits per heavy atom. The van der Waals surface area contributed by atoms with E-state index in [2.05, 4.69) is 4.98 Å². The Bertz CT molecular complexity index is 183. The fraction of sp³-hybridized carbons (Fsp3) is 0. The number of hydrogen-bond donors (Lipinski definition) is 0. The van der Waals surface area contributed by atoms with Crippen LogP contribution < -0.4 is 4.74 Å². The molecule has 0 amide bonds. The van der Waals surface area contributed by atoms with Gasteiger partial charge in [0.15, 0.2) is 0 Å². The van der Waals surface area contributed by atoms with Crippen LogP contribution in [-0.2, 0) is 0 Å². The summed E-state index contributed by atoms with van der Waals surface area (Å²) in [5.74, 6) is 0.514. The van der Waals surface area contributed by atoms with E-state index >= 15 is 0 Å². The van der Waals surface area contributed by atoms with E-state index in [4.69, 9.17) is 11.3 Å². The van der Waals surface area contributed by atoms with Gasteiger partial charge in [0.05, 0.1) is 6.26 Å². The SMILES string of the molecule is [CH]=COc1ccccn1. The van der Waals surface area contributed by atoms with E-state index in [-0.39, 0.29) is 0 Å². The van der Waals surface area contributed by atoms with Crippen molar-refractivity contribution in [3.63, 3.8) is 0 Å². The van der Waals surface area contributed by atoms with Gasteiger partial charge in [-0.15, -0.1) is 0 Å². The lowest BCUT2D eigenvalue weighted by Gasteiger charge is -1.93. The van der Waals surface area contributed by atoms with E-state index in [1.54, 1.807) is 12.3 Å². The third-order valence-corrected chi connectivity index (χ3v) is 0.827. The van der Waals surface area contributed by atoms with Crippen molar-refractivity contribution in [2.24, 2.45) is 0 Å². The Hall–Kier alpha value is -1.31. The molecule has 9 heavy (non-hydrogen) atoms. The molecular weight excluding hydrogens is 114 g/mol. The molecule has 0 saturated carbocycles. The molecule has 1 aromatic rings. The maximum Gasteiger partial charge on any atom is 0.218 e. The predicted molar refractivity (Wildman–Crippen MR) is 33.7 cm³/mol. The Balaban J connectivity index is 2.72. The molecule has 1 rings (SSSR count). The number of rotatable bonds is 2. The minimum Gasteiger partial charge on any atom is -0.447 e. The minimum absolute atomic E-state index is 0.514. The second-order valence-electron chi connectivity index (χ2n) is 1.42. The topological polar surface area (TPSA) is 22.1 Å². The van der Waals surface area contributed by atoms with Crippen LogP contribution in [0, 0.1) is 6.58 Å². The number of hydrogen-bond acceptors (Lipinski definition) is 2. The van der Waals surface area contributed by atoms with Crippen LogP contribution >= 0.6 is 0 Å². The lowest BCUT2D eigenvalue weighted by Crippen LogP contribution is -1.82. The first-order chi connectivity index (χ1) is 4.43. The molecule has 0 unspecified atom stereocenters. The summed E-state index contributed by atoms with van der Waals surface area (Å²) in [5, 5.41) is 0. The highest BCUT2D eigenvalue weighted by atomic mass is 16.5. The fourth-order valence-electron chi connectivity index (χ4n) is 0.487. The van der Waals surface area contributed by atoms with E-state index in [0.29, 0.717) is 5.88 Å². The Morgan fingerprint density at radius 1 is 1.56 bits per heavy atom. The van der Waals surface area contributed by atoms with Gasteiger partial charge in [0.25, 0.3) is 0 Å². The van der Waals surface area contributed by atoms with Gasteiger partial charge >= 0.3 is 0 Å². The zero-order valence-corrected chi connectivity index (χ0v) is 4.82. The van der Waals surface area contributed by atoms with E-state index in [1.165, 1.54) is 0 Å². The minimum atomic E-state index is 0.514. The molecule has 0 aliphatic heterocycles. The number of pyridine rings is 1. The summed E-state index contributed by atoms with van der Waals surface area (Å²) in [6.07, 6.45) is 2.74. The van der Waals surface area contributed by atoms with E-state index in [0.717, 1.165) is 6.26 Å². The Labute approximate surface area is 53.8 Å². The predicted octanol–water partition coefficient (Wildman–Crippen LogP) is 1.41. The average Bonchev–Trinajstić information content (AvgIpc) is 1.91. The zero-order chi connectivity index (χ0) is 6.53.